The molecule has 3 aromatic rings. The Labute approximate surface area is 180 Å². The minimum Gasteiger partial charge on any atom is -0.493 e. The molecule has 1 unspecified atom stereocenters. The van der Waals surface area contributed by atoms with Gasteiger partial charge >= 0.3 is 0 Å². The number of rotatable bonds is 9. The Bertz CT molecular complexity index is 1140. The molecule has 0 aliphatic heterocycles. The van der Waals surface area contributed by atoms with Gasteiger partial charge in [-0.3, -0.25) is 4.79 Å². The van der Waals surface area contributed by atoms with Crippen LogP contribution in [0, 0.1) is 0 Å². The van der Waals surface area contributed by atoms with Gasteiger partial charge in [-0.05, 0) is 30.7 Å². The van der Waals surface area contributed by atoms with Gasteiger partial charge in [0.15, 0.2) is 21.3 Å². The summed E-state index contributed by atoms with van der Waals surface area (Å²) in [5.74, 6) is -0.715. The molecule has 1 N–H and O–H groups in total. The fraction of sp³-hybridized carbons (Fsp3) is 0.286. The van der Waals surface area contributed by atoms with Crippen molar-refractivity contribution in [2.75, 3.05) is 20.0 Å². The Hall–Kier alpha value is -3.40. The normalized spacial score (nSPS) is 12.2. The molecule has 10 heteroatoms. The lowest BCUT2D eigenvalue weighted by atomic mass is 10.1. The maximum absolute atomic E-state index is 12.4. The van der Waals surface area contributed by atoms with E-state index in [1.165, 1.54) is 14.2 Å². The summed E-state index contributed by atoms with van der Waals surface area (Å²) in [6.07, 6.45) is 0. The molecular weight excluding hydrogens is 422 g/mol. The van der Waals surface area contributed by atoms with Crippen molar-refractivity contribution in [2.24, 2.45) is 0 Å². The van der Waals surface area contributed by atoms with E-state index in [1.54, 1.807) is 25.1 Å². The number of carbonyl (C=O) groups excluding carboxylic acids is 1. The third-order valence-electron chi connectivity index (χ3n) is 4.48. The molecule has 0 bridgehead atoms. The molecule has 0 aliphatic carbocycles. The number of aromatic nitrogens is 2. The highest BCUT2D eigenvalue weighted by Crippen LogP contribution is 2.31. The second-order valence-electron chi connectivity index (χ2n) is 6.81. The summed E-state index contributed by atoms with van der Waals surface area (Å²) in [5, 5.41) is 6.50. The van der Waals surface area contributed by atoms with Gasteiger partial charge in [-0.2, -0.15) is 4.98 Å². The highest BCUT2D eigenvalue weighted by Gasteiger charge is 2.23. The Morgan fingerprint density at radius 1 is 1.10 bits per heavy atom. The van der Waals surface area contributed by atoms with Gasteiger partial charge in [0.05, 0.1) is 20.3 Å². The Morgan fingerprint density at radius 3 is 2.48 bits per heavy atom. The lowest BCUT2D eigenvalue weighted by Gasteiger charge is -2.14. The summed E-state index contributed by atoms with van der Waals surface area (Å²) in [5.41, 5.74) is 1.45. The molecule has 1 heterocycles. The highest BCUT2D eigenvalue weighted by atomic mass is 32.2. The van der Waals surface area contributed by atoms with E-state index in [1.807, 2.05) is 30.3 Å². The van der Waals surface area contributed by atoms with Gasteiger partial charge < -0.3 is 19.3 Å². The maximum Gasteiger partial charge on any atom is 0.242 e. The average molecular weight is 445 g/mol. The van der Waals surface area contributed by atoms with E-state index in [0.29, 0.717) is 17.1 Å². The molecule has 0 spiro atoms. The summed E-state index contributed by atoms with van der Waals surface area (Å²) in [6, 6.07) is 14.0. The van der Waals surface area contributed by atoms with Crippen molar-refractivity contribution in [1.82, 2.24) is 15.5 Å². The number of hydrogen-bond donors (Lipinski definition) is 1. The van der Waals surface area contributed by atoms with Crippen molar-refractivity contribution >= 4 is 15.7 Å². The zero-order valence-corrected chi connectivity index (χ0v) is 18.2. The molecule has 0 fully saturated rings. The molecule has 31 heavy (non-hydrogen) atoms. The van der Waals surface area contributed by atoms with Crippen molar-refractivity contribution in [3.63, 3.8) is 0 Å². The predicted octanol–water partition coefficient (Wildman–Crippen LogP) is 2.55. The van der Waals surface area contributed by atoms with Crippen LogP contribution in [-0.4, -0.2) is 44.4 Å². The molecule has 1 atom stereocenters. The van der Waals surface area contributed by atoms with E-state index >= 15 is 0 Å². The standard InChI is InChI=1S/C21H23N3O6S/c1-14(15-7-5-4-6-8-15)22-19(25)12-31(26,27)13-20-23-21(24-30-20)16-9-10-17(28-2)18(11-16)29-3/h4-11,14H,12-13H2,1-3H3,(H,22,25). The SMILES string of the molecule is COc1ccc(-c2noc(CS(=O)(=O)CC(=O)NC(C)c3ccccc3)n2)cc1OC. The first-order chi connectivity index (χ1) is 14.8. The number of benzene rings is 2. The molecular formula is C21H23N3O6S. The second-order valence-corrected chi connectivity index (χ2v) is 8.88. The minimum atomic E-state index is -3.81. The van der Waals surface area contributed by atoms with Crippen LogP contribution in [0.4, 0.5) is 0 Å². The van der Waals surface area contributed by atoms with Crippen LogP contribution in [0.1, 0.15) is 24.4 Å². The van der Waals surface area contributed by atoms with Crippen molar-refractivity contribution in [1.29, 1.82) is 0 Å². The Kier molecular flexibility index (Phi) is 6.91. The maximum atomic E-state index is 12.4. The first kappa shape index (κ1) is 22.3. The molecule has 0 saturated carbocycles. The number of nitrogens with one attached hydrogen (secondary N) is 1. The van der Waals surface area contributed by atoms with Gasteiger partial charge in [0.2, 0.25) is 17.6 Å². The van der Waals surface area contributed by atoms with E-state index in [4.69, 9.17) is 14.0 Å². The van der Waals surface area contributed by atoms with Gasteiger partial charge in [-0.25, -0.2) is 8.42 Å². The highest BCUT2D eigenvalue weighted by molar-refractivity contribution is 7.91. The van der Waals surface area contributed by atoms with Crippen molar-refractivity contribution in [3.8, 4) is 22.9 Å². The van der Waals surface area contributed by atoms with E-state index < -0.39 is 27.3 Å². The Balaban J connectivity index is 1.64. The third-order valence-corrected chi connectivity index (χ3v) is 5.87. The largest absolute Gasteiger partial charge is 0.493 e. The summed E-state index contributed by atoms with van der Waals surface area (Å²) in [7, 11) is -0.788. The van der Waals surface area contributed by atoms with Crippen LogP contribution >= 0.6 is 0 Å². The summed E-state index contributed by atoms with van der Waals surface area (Å²) in [6.45, 7) is 1.78. The van der Waals surface area contributed by atoms with Gasteiger partial charge in [0, 0.05) is 5.56 Å². The average Bonchev–Trinajstić information content (AvgIpc) is 3.20. The van der Waals surface area contributed by atoms with Crippen LogP contribution in [0.15, 0.2) is 53.1 Å². The second kappa shape index (κ2) is 9.61. The number of ether oxygens (including phenoxy) is 2. The lowest BCUT2D eigenvalue weighted by molar-refractivity contribution is -0.119. The molecule has 0 saturated heterocycles. The number of nitrogens with zero attached hydrogens (tertiary/aromatic N) is 2. The smallest absolute Gasteiger partial charge is 0.242 e. The number of carbonyl (C=O) groups is 1. The first-order valence-electron chi connectivity index (χ1n) is 9.41. The number of amides is 1. The molecule has 0 aliphatic rings. The van der Waals surface area contributed by atoms with Gasteiger partial charge in [0.1, 0.15) is 11.5 Å². The van der Waals surface area contributed by atoms with Crippen molar-refractivity contribution in [3.05, 3.63) is 60.0 Å². The van der Waals surface area contributed by atoms with E-state index in [0.717, 1.165) is 5.56 Å². The zero-order chi connectivity index (χ0) is 22.4. The molecule has 164 valence electrons. The van der Waals surface area contributed by atoms with Gasteiger partial charge in [-0.1, -0.05) is 35.5 Å². The van der Waals surface area contributed by atoms with Gasteiger partial charge in [-0.15, -0.1) is 0 Å². The lowest BCUT2D eigenvalue weighted by Crippen LogP contribution is -2.32. The number of sulfone groups is 1. The quantitative estimate of drug-likeness (QED) is 0.533. The molecule has 3 rings (SSSR count). The molecule has 1 amide bonds. The number of methoxy groups -OCH3 is 2. The molecule has 2 aromatic carbocycles. The van der Waals surface area contributed by atoms with Gasteiger partial charge in [0.25, 0.3) is 0 Å². The van der Waals surface area contributed by atoms with Crippen LogP contribution in [0.3, 0.4) is 0 Å². The summed E-state index contributed by atoms with van der Waals surface area (Å²) in [4.78, 5) is 16.3. The van der Waals surface area contributed by atoms with Crippen LogP contribution in [-0.2, 0) is 20.4 Å². The fourth-order valence-corrected chi connectivity index (χ4v) is 4.03. The van der Waals surface area contributed by atoms with Crippen LogP contribution in [0.25, 0.3) is 11.4 Å². The van der Waals surface area contributed by atoms with Crippen LogP contribution < -0.4 is 14.8 Å². The molecule has 9 nitrogen and oxygen atoms in total. The fourth-order valence-electron chi connectivity index (χ4n) is 2.95. The zero-order valence-electron chi connectivity index (χ0n) is 17.4. The first-order valence-corrected chi connectivity index (χ1v) is 11.2. The number of hydrogen-bond acceptors (Lipinski definition) is 8. The summed E-state index contributed by atoms with van der Waals surface area (Å²) >= 11 is 0. The predicted molar refractivity (Wildman–Crippen MR) is 113 cm³/mol. The monoisotopic (exact) mass is 445 g/mol. The van der Waals surface area contributed by atoms with E-state index in [9.17, 15) is 13.2 Å². The summed E-state index contributed by atoms with van der Waals surface area (Å²) < 4.78 is 40.4. The van der Waals surface area contributed by atoms with Crippen molar-refractivity contribution in [2.45, 2.75) is 18.7 Å². The van der Waals surface area contributed by atoms with Crippen LogP contribution in [0.2, 0.25) is 0 Å². The molecule has 0 radical (unpaired) electrons. The Morgan fingerprint density at radius 2 is 1.81 bits per heavy atom. The minimum absolute atomic E-state index is 0.103. The topological polar surface area (TPSA) is 121 Å². The molecule has 1 aromatic heterocycles. The van der Waals surface area contributed by atoms with Crippen molar-refractivity contribution < 1.29 is 27.2 Å². The van der Waals surface area contributed by atoms with E-state index in [2.05, 4.69) is 15.5 Å². The van der Waals surface area contributed by atoms with Crippen LogP contribution in [0.5, 0.6) is 11.5 Å². The third kappa shape index (κ3) is 5.82. The van der Waals surface area contributed by atoms with E-state index in [-0.39, 0.29) is 17.8 Å².